The van der Waals surface area contributed by atoms with E-state index in [1.807, 2.05) is 0 Å². The molecule has 0 fully saturated rings. The molecule has 1 N–H and O–H groups in total. The van der Waals surface area contributed by atoms with Gasteiger partial charge < -0.3 is 5.11 Å². The molecule has 0 bridgehead atoms. The van der Waals surface area contributed by atoms with Crippen molar-refractivity contribution in [3.05, 3.63) is 46.8 Å². The monoisotopic (exact) mass is 278 g/mol. The van der Waals surface area contributed by atoms with E-state index in [9.17, 15) is 4.79 Å². The molecule has 1 aromatic heterocycles. The second kappa shape index (κ2) is 5.19. The van der Waals surface area contributed by atoms with E-state index in [1.54, 1.807) is 25.1 Å². The quantitative estimate of drug-likeness (QED) is 0.862. The van der Waals surface area contributed by atoms with Gasteiger partial charge in [-0.25, -0.2) is 4.79 Å². The van der Waals surface area contributed by atoms with Crippen molar-refractivity contribution in [3.63, 3.8) is 0 Å². The Bertz CT molecular complexity index is 651. The Morgan fingerprint density at radius 3 is 2.84 bits per heavy atom. The van der Waals surface area contributed by atoms with Gasteiger partial charge in [0.25, 0.3) is 0 Å². The summed E-state index contributed by atoms with van der Waals surface area (Å²) in [5.74, 6) is -0.535. The SMILES string of the molecule is C=C(C(=O)O)c1ccc(Cl)cc1Cn1nnc(C)n1. The minimum absolute atomic E-state index is 0.00324. The third kappa shape index (κ3) is 2.97. The largest absolute Gasteiger partial charge is 0.478 e. The van der Waals surface area contributed by atoms with Crippen molar-refractivity contribution in [1.29, 1.82) is 0 Å². The number of carboxylic acid groups (broad SMARTS) is 1. The molecule has 6 nitrogen and oxygen atoms in total. The second-order valence-electron chi connectivity index (χ2n) is 3.95. The maximum absolute atomic E-state index is 11.0. The van der Waals surface area contributed by atoms with Gasteiger partial charge in [0, 0.05) is 5.02 Å². The molecule has 0 aliphatic rings. The first kappa shape index (κ1) is 13.2. The summed E-state index contributed by atoms with van der Waals surface area (Å²) in [4.78, 5) is 12.4. The fourth-order valence-electron chi connectivity index (χ4n) is 1.65. The van der Waals surface area contributed by atoms with Crippen LogP contribution in [0.5, 0.6) is 0 Å². The lowest BCUT2D eigenvalue weighted by molar-refractivity contribution is -0.130. The van der Waals surface area contributed by atoms with Crippen LogP contribution in [0.4, 0.5) is 0 Å². The standard InChI is InChI=1S/C12H11ClN4O2/c1-7(12(18)19)11-4-3-10(13)5-9(11)6-17-15-8(2)14-16-17/h3-5H,1,6H2,2H3,(H,18,19). The first-order valence-corrected chi connectivity index (χ1v) is 5.80. The Kier molecular flexibility index (Phi) is 3.62. The molecule has 0 aliphatic heterocycles. The molecular formula is C12H11ClN4O2. The lowest BCUT2D eigenvalue weighted by Gasteiger charge is -2.09. The summed E-state index contributed by atoms with van der Waals surface area (Å²) in [6.45, 7) is 5.55. The summed E-state index contributed by atoms with van der Waals surface area (Å²) >= 11 is 5.93. The van der Waals surface area contributed by atoms with Gasteiger partial charge in [-0.15, -0.1) is 10.2 Å². The average molecular weight is 279 g/mol. The van der Waals surface area contributed by atoms with Crippen LogP contribution < -0.4 is 0 Å². The minimum Gasteiger partial charge on any atom is -0.478 e. The molecule has 2 aromatic rings. The van der Waals surface area contributed by atoms with Crippen molar-refractivity contribution in [3.8, 4) is 0 Å². The number of rotatable bonds is 4. The number of aliphatic carboxylic acids is 1. The maximum atomic E-state index is 11.0. The van der Waals surface area contributed by atoms with Gasteiger partial charge >= 0.3 is 5.97 Å². The fraction of sp³-hybridized carbons (Fsp3) is 0.167. The maximum Gasteiger partial charge on any atom is 0.335 e. The third-order valence-corrected chi connectivity index (χ3v) is 2.75. The van der Waals surface area contributed by atoms with E-state index in [4.69, 9.17) is 16.7 Å². The molecule has 1 heterocycles. The van der Waals surface area contributed by atoms with E-state index in [1.165, 1.54) is 4.80 Å². The van der Waals surface area contributed by atoms with Crippen molar-refractivity contribution < 1.29 is 9.90 Å². The highest BCUT2D eigenvalue weighted by atomic mass is 35.5. The Morgan fingerprint density at radius 2 is 2.26 bits per heavy atom. The first-order chi connectivity index (χ1) is 8.97. The Labute approximate surface area is 114 Å². The Morgan fingerprint density at radius 1 is 1.53 bits per heavy atom. The number of benzene rings is 1. The molecule has 2 rings (SSSR count). The lowest BCUT2D eigenvalue weighted by Crippen LogP contribution is -2.08. The number of carbonyl (C=O) groups is 1. The van der Waals surface area contributed by atoms with Crippen LogP contribution in [0.3, 0.4) is 0 Å². The highest BCUT2D eigenvalue weighted by Crippen LogP contribution is 2.22. The molecule has 0 saturated heterocycles. The summed E-state index contributed by atoms with van der Waals surface area (Å²) in [7, 11) is 0. The Balaban J connectivity index is 2.40. The number of carboxylic acids is 1. The highest BCUT2D eigenvalue weighted by Gasteiger charge is 2.13. The topological polar surface area (TPSA) is 80.9 Å². The van der Waals surface area contributed by atoms with Crippen LogP contribution in [0.25, 0.3) is 5.57 Å². The number of nitrogens with zero attached hydrogens (tertiary/aromatic N) is 4. The van der Waals surface area contributed by atoms with Gasteiger partial charge in [0.2, 0.25) is 0 Å². The van der Waals surface area contributed by atoms with E-state index in [0.717, 1.165) is 0 Å². The lowest BCUT2D eigenvalue weighted by atomic mass is 10.0. The van der Waals surface area contributed by atoms with E-state index in [2.05, 4.69) is 22.0 Å². The fourth-order valence-corrected chi connectivity index (χ4v) is 1.84. The summed E-state index contributed by atoms with van der Waals surface area (Å²) in [5.41, 5.74) is 1.19. The zero-order chi connectivity index (χ0) is 14.0. The van der Waals surface area contributed by atoms with Crippen molar-refractivity contribution >= 4 is 23.1 Å². The Hall–Kier alpha value is -2.21. The van der Waals surface area contributed by atoms with Crippen LogP contribution in [0.15, 0.2) is 24.8 Å². The molecule has 0 spiro atoms. The van der Waals surface area contributed by atoms with E-state index < -0.39 is 5.97 Å². The van der Waals surface area contributed by atoms with Crippen molar-refractivity contribution in [1.82, 2.24) is 20.2 Å². The van der Waals surface area contributed by atoms with Gasteiger partial charge in [0.15, 0.2) is 5.82 Å². The molecule has 0 unspecified atom stereocenters. The van der Waals surface area contributed by atoms with Crippen molar-refractivity contribution in [2.45, 2.75) is 13.5 Å². The molecule has 0 aliphatic carbocycles. The van der Waals surface area contributed by atoms with Gasteiger partial charge in [-0.3, -0.25) is 0 Å². The zero-order valence-corrected chi connectivity index (χ0v) is 10.9. The van der Waals surface area contributed by atoms with Crippen LogP contribution in [0.2, 0.25) is 5.02 Å². The summed E-state index contributed by atoms with van der Waals surface area (Å²) in [6, 6.07) is 4.91. The van der Waals surface area contributed by atoms with Gasteiger partial charge in [-0.1, -0.05) is 24.2 Å². The van der Waals surface area contributed by atoms with E-state index in [-0.39, 0.29) is 12.1 Å². The number of tetrazole rings is 1. The molecule has 7 heteroatoms. The van der Waals surface area contributed by atoms with E-state index >= 15 is 0 Å². The molecule has 0 amide bonds. The molecule has 0 radical (unpaired) electrons. The molecular weight excluding hydrogens is 268 g/mol. The van der Waals surface area contributed by atoms with Gasteiger partial charge in [0.05, 0.1) is 12.1 Å². The van der Waals surface area contributed by atoms with Crippen LogP contribution in [0, 0.1) is 6.92 Å². The predicted molar refractivity (Wildman–Crippen MR) is 69.8 cm³/mol. The molecule has 0 saturated carbocycles. The molecule has 19 heavy (non-hydrogen) atoms. The van der Waals surface area contributed by atoms with Crippen LogP contribution in [-0.4, -0.2) is 31.3 Å². The number of aromatic nitrogens is 4. The smallest absolute Gasteiger partial charge is 0.335 e. The van der Waals surface area contributed by atoms with Crippen LogP contribution >= 0.6 is 11.6 Å². The van der Waals surface area contributed by atoms with Crippen molar-refractivity contribution in [2.75, 3.05) is 0 Å². The number of halogens is 1. The number of hydrogen-bond acceptors (Lipinski definition) is 4. The minimum atomic E-state index is -1.08. The molecule has 0 atom stereocenters. The zero-order valence-electron chi connectivity index (χ0n) is 10.2. The highest BCUT2D eigenvalue weighted by molar-refractivity contribution is 6.30. The summed E-state index contributed by atoms with van der Waals surface area (Å²) in [5, 5.41) is 21.2. The van der Waals surface area contributed by atoms with Gasteiger partial charge in [-0.05, 0) is 35.4 Å². The molecule has 1 aromatic carbocycles. The normalized spacial score (nSPS) is 10.4. The second-order valence-corrected chi connectivity index (χ2v) is 4.39. The van der Waals surface area contributed by atoms with Crippen LogP contribution in [-0.2, 0) is 11.3 Å². The number of aryl methyl sites for hydroxylation is 1. The summed E-state index contributed by atoms with van der Waals surface area (Å²) in [6.07, 6.45) is 0. The molecule has 98 valence electrons. The van der Waals surface area contributed by atoms with Gasteiger partial charge in [0.1, 0.15) is 0 Å². The van der Waals surface area contributed by atoms with Gasteiger partial charge in [-0.2, -0.15) is 4.80 Å². The predicted octanol–water partition coefficient (Wildman–Crippen LogP) is 1.78. The third-order valence-electron chi connectivity index (χ3n) is 2.52. The number of hydrogen-bond donors (Lipinski definition) is 1. The van der Waals surface area contributed by atoms with Crippen molar-refractivity contribution in [2.24, 2.45) is 0 Å². The average Bonchev–Trinajstić information content (AvgIpc) is 2.74. The summed E-state index contributed by atoms with van der Waals surface area (Å²) < 4.78 is 0. The van der Waals surface area contributed by atoms with Crippen LogP contribution in [0.1, 0.15) is 17.0 Å². The first-order valence-electron chi connectivity index (χ1n) is 5.43. The van der Waals surface area contributed by atoms with E-state index in [0.29, 0.717) is 22.0 Å².